The second-order valence-corrected chi connectivity index (χ2v) is 8.70. The molecule has 2 aliphatic rings. The van der Waals surface area contributed by atoms with Gasteiger partial charge in [0.05, 0.1) is 9.88 Å². The molecule has 2 bridgehead atoms. The van der Waals surface area contributed by atoms with Gasteiger partial charge in [0.2, 0.25) is 5.91 Å². The topological polar surface area (TPSA) is 76.3 Å². The molecular formula is C20H23N3O2S. The van der Waals surface area contributed by atoms with Gasteiger partial charge in [-0.1, -0.05) is 18.2 Å². The number of thiazole rings is 1. The summed E-state index contributed by atoms with van der Waals surface area (Å²) in [5, 5.41) is 0.849. The molecule has 1 saturated heterocycles. The van der Waals surface area contributed by atoms with Gasteiger partial charge in [-0.3, -0.25) is 9.59 Å². The van der Waals surface area contributed by atoms with Crippen LogP contribution in [0.5, 0.6) is 0 Å². The Labute approximate surface area is 157 Å². The van der Waals surface area contributed by atoms with Crippen molar-refractivity contribution >= 4 is 23.2 Å². The number of aromatic nitrogens is 1. The van der Waals surface area contributed by atoms with E-state index in [-0.39, 0.29) is 17.9 Å². The summed E-state index contributed by atoms with van der Waals surface area (Å²) in [5.74, 6) is -0.352. The highest BCUT2D eigenvalue weighted by Gasteiger charge is 2.51. The van der Waals surface area contributed by atoms with E-state index in [1.54, 1.807) is 4.90 Å². The number of aryl methyl sites for hydroxylation is 3. The van der Waals surface area contributed by atoms with Crippen molar-refractivity contribution in [1.29, 1.82) is 0 Å². The third-order valence-corrected chi connectivity index (χ3v) is 6.84. The second kappa shape index (κ2) is 6.20. The number of benzene rings is 1. The van der Waals surface area contributed by atoms with Crippen molar-refractivity contribution in [2.75, 3.05) is 0 Å². The van der Waals surface area contributed by atoms with E-state index in [0.717, 1.165) is 34.7 Å². The summed E-state index contributed by atoms with van der Waals surface area (Å²) >= 11 is 1.52. The SMILES string of the molecule is Cc1nc(C(=O)N2[C@@H]3CC[C@@H](C3)[C@H]2C(N)=O)c(-c2ccc(C)c(C)c2)s1. The first kappa shape index (κ1) is 17.2. The molecule has 2 aromatic rings. The fourth-order valence-corrected chi connectivity index (χ4v) is 5.33. The minimum absolute atomic E-state index is 0.111. The molecule has 6 heteroatoms. The van der Waals surface area contributed by atoms with E-state index in [0.29, 0.717) is 5.69 Å². The van der Waals surface area contributed by atoms with Crippen molar-refractivity contribution in [3.8, 4) is 10.4 Å². The van der Waals surface area contributed by atoms with Gasteiger partial charge in [0, 0.05) is 6.04 Å². The zero-order valence-corrected chi connectivity index (χ0v) is 16.1. The Hall–Kier alpha value is -2.21. The highest BCUT2D eigenvalue weighted by Crippen LogP contribution is 2.44. The predicted molar refractivity (Wildman–Crippen MR) is 102 cm³/mol. The van der Waals surface area contributed by atoms with Crippen LogP contribution < -0.4 is 5.73 Å². The standard InChI is InChI=1S/C20H23N3O2S/c1-10-4-5-14(8-11(10)2)18-16(22-12(3)26-18)20(25)23-15-7-6-13(9-15)17(23)19(21)24/h4-5,8,13,15,17H,6-7,9H2,1-3H3,(H2,21,24)/t13-,15+,17-/m0/s1. The first-order chi connectivity index (χ1) is 12.4. The van der Waals surface area contributed by atoms with E-state index >= 15 is 0 Å². The van der Waals surface area contributed by atoms with Crippen molar-refractivity contribution < 1.29 is 9.59 Å². The number of primary amides is 1. The molecule has 4 rings (SSSR count). The first-order valence-electron chi connectivity index (χ1n) is 9.04. The van der Waals surface area contributed by atoms with Crippen LogP contribution in [0.25, 0.3) is 10.4 Å². The van der Waals surface area contributed by atoms with Gasteiger partial charge in [0.15, 0.2) is 0 Å². The van der Waals surface area contributed by atoms with Gasteiger partial charge in [-0.15, -0.1) is 11.3 Å². The van der Waals surface area contributed by atoms with Crippen molar-refractivity contribution in [1.82, 2.24) is 9.88 Å². The fraction of sp³-hybridized carbons (Fsp3) is 0.450. The Morgan fingerprint density at radius 1 is 1.19 bits per heavy atom. The predicted octanol–water partition coefficient (Wildman–Crippen LogP) is 3.21. The van der Waals surface area contributed by atoms with Crippen LogP contribution in [0.2, 0.25) is 0 Å². The normalized spacial score (nSPS) is 24.3. The van der Waals surface area contributed by atoms with Crippen LogP contribution in [0, 0.1) is 26.7 Å². The Balaban J connectivity index is 1.75. The van der Waals surface area contributed by atoms with Crippen molar-refractivity contribution in [2.45, 2.75) is 52.1 Å². The molecule has 136 valence electrons. The number of nitrogens with two attached hydrogens (primary N) is 1. The highest BCUT2D eigenvalue weighted by atomic mass is 32.1. The molecule has 2 fully saturated rings. The van der Waals surface area contributed by atoms with Crippen LogP contribution in [-0.4, -0.2) is 33.8 Å². The molecule has 2 amide bonds. The fourth-order valence-electron chi connectivity index (χ4n) is 4.42. The van der Waals surface area contributed by atoms with Gasteiger partial charge >= 0.3 is 0 Å². The van der Waals surface area contributed by atoms with Gasteiger partial charge in [-0.25, -0.2) is 4.98 Å². The molecule has 3 atom stereocenters. The number of hydrogen-bond acceptors (Lipinski definition) is 4. The van der Waals surface area contributed by atoms with E-state index < -0.39 is 11.9 Å². The maximum Gasteiger partial charge on any atom is 0.274 e. The maximum atomic E-state index is 13.4. The lowest BCUT2D eigenvalue weighted by atomic mass is 9.97. The largest absolute Gasteiger partial charge is 0.368 e. The maximum absolute atomic E-state index is 13.4. The highest BCUT2D eigenvalue weighted by molar-refractivity contribution is 7.15. The van der Waals surface area contributed by atoms with Crippen molar-refractivity contribution in [2.24, 2.45) is 11.7 Å². The minimum atomic E-state index is -0.490. The summed E-state index contributed by atoms with van der Waals surface area (Å²) in [5.41, 5.74) is 9.48. The van der Waals surface area contributed by atoms with Crippen LogP contribution in [0.15, 0.2) is 18.2 Å². The summed E-state index contributed by atoms with van der Waals surface area (Å²) in [4.78, 5) is 32.5. The van der Waals surface area contributed by atoms with Crippen molar-refractivity contribution in [3.05, 3.63) is 40.0 Å². The molecule has 1 saturated carbocycles. The average molecular weight is 369 g/mol. The Kier molecular flexibility index (Phi) is 4.10. The number of piperidine rings is 1. The second-order valence-electron chi connectivity index (χ2n) is 7.50. The number of rotatable bonds is 3. The third kappa shape index (κ3) is 2.63. The first-order valence-corrected chi connectivity index (χ1v) is 9.85. The monoisotopic (exact) mass is 369 g/mol. The quantitative estimate of drug-likeness (QED) is 0.902. The number of amides is 2. The lowest BCUT2D eigenvalue weighted by molar-refractivity contribution is -0.123. The van der Waals surface area contributed by atoms with Gasteiger partial charge in [0.1, 0.15) is 11.7 Å². The van der Waals surface area contributed by atoms with E-state index in [9.17, 15) is 9.59 Å². The van der Waals surface area contributed by atoms with Crippen LogP contribution >= 0.6 is 11.3 Å². The number of fused-ring (bicyclic) bond motifs is 2. The van der Waals surface area contributed by atoms with Crippen molar-refractivity contribution in [3.63, 3.8) is 0 Å². The van der Waals surface area contributed by atoms with Crippen LogP contribution in [-0.2, 0) is 4.79 Å². The number of carbonyl (C=O) groups is 2. The lowest BCUT2D eigenvalue weighted by Gasteiger charge is -2.33. The molecule has 2 N–H and O–H groups in total. The summed E-state index contributed by atoms with van der Waals surface area (Å²) in [7, 11) is 0. The van der Waals surface area contributed by atoms with E-state index in [1.165, 1.54) is 22.5 Å². The van der Waals surface area contributed by atoms with E-state index in [2.05, 4.69) is 31.0 Å². The molecule has 1 aliphatic carbocycles. The number of nitrogens with zero attached hydrogens (tertiary/aromatic N) is 2. The molecule has 0 spiro atoms. The Bertz CT molecular complexity index is 904. The summed E-state index contributed by atoms with van der Waals surface area (Å²) in [6.45, 7) is 6.05. The van der Waals surface area contributed by atoms with Gasteiger partial charge in [0.25, 0.3) is 5.91 Å². The Morgan fingerprint density at radius 3 is 2.65 bits per heavy atom. The molecule has 0 unspecified atom stereocenters. The summed E-state index contributed by atoms with van der Waals surface area (Å²) in [6.07, 6.45) is 2.80. The Morgan fingerprint density at radius 2 is 1.96 bits per heavy atom. The number of likely N-dealkylation sites (tertiary alicyclic amines) is 1. The van der Waals surface area contributed by atoms with Gasteiger partial charge in [-0.2, -0.15) is 0 Å². The molecule has 1 aromatic heterocycles. The molecule has 1 aromatic carbocycles. The van der Waals surface area contributed by atoms with E-state index in [1.807, 2.05) is 13.0 Å². The molecule has 0 radical (unpaired) electrons. The molecular weight excluding hydrogens is 346 g/mol. The average Bonchev–Trinajstić information content (AvgIpc) is 3.30. The number of carbonyl (C=O) groups excluding carboxylic acids is 2. The molecule has 26 heavy (non-hydrogen) atoms. The zero-order valence-electron chi connectivity index (χ0n) is 15.3. The summed E-state index contributed by atoms with van der Waals surface area (Å²) in [6, 6.07) is 5.82. The van der Waals surface area contributed by atoms with Crippen LogP contribution in [0.1, 0.15) is 45.9 Å². The van der Waals surface area contributed by atoms with Crippen LogP contribution in [0.3, 0.4) is 0 Å². The number of hydrogen-bond donors (Lipinski definition) is 1. The zero-order chi connectivity index (χ0) is 18.6. The molecule has 1 aliphatic heterocycles. The molecule has 2 heterocycles. The van der Waals surface area contributed by atoms with Gasteiger partial charge in [-0.05, 0) is 62.6 Å². The lowest BCUT2D eigenvalue weighted by Crippen LogP contribution is -2.51. The van der Waals surface area contributed by atoms with Gasteiger partial charge < -0.3 is 10.6 Å². The summed E-state index contributed by atoms with van der Waals surface area (Å²) < 4.78 is 0. The minimum Gasteiger partial charge on any atom is -0.368 e. The van der Waals surface area contributed by atoms with E-state index in [4.69, 9.17) is 5.73 Å². The smallest absolute Gasteiger partial charge is 0.274 e. The third-order valence-electron chi connectivity index (χ3n) is 5.82. The molecule has 5 nitrogen and oxygen atoms in total. The van der Waals surface area contributed by atoms with Crippen LogP contribution in [0.4, 0.5) is 0 Å².